The molecule has 2 aromatic heterocycles. The summed E-state index contributed by atoms with van der Waals surface area (Å²) in [4.78, 5) is 13.6. The summed E-state index contributed by atoms with van der Waals surface area (Å²) < 4.78 is 15.7. The molecule has 0 atom stereocenters. The van der Waals surface area contributed by atoms with Crippen LogP contribution in [0.25, 0.3) is 28.6 Å². The largest absolute Gasteiger partial charge is 0.386 e. The van der Waals surface area contributed by atoms with Gasteiger partial charge in [0.15, 0.2) is 22.8 Å². The van der Waals surface area contributed by atoms with Crippen molar-refractivity contribution in [3.63, 3.8) is 0 Å². The van der Waals surface area contributed by atoms with Crippen LogP contribution in [0.4, 0.5) is 10.2 Å². The number of rotatable bonds is 5. The Bertz CT molecular complexity index is 1060. The molecule has 30 heavy (non-hydrogen) atoms. The summed E-state index contributed by atoms with van der Waals surface area (Å²) >= 11 is 0. The number of aryl methyl sites for hydroxylation is 1. The maximum absolute atomic E-state index is 13.8. The molecule has 1 saturated carbocycles. The summed E-state index contributed by atoms with van der Waals surface area (Å²) in [5.74, 6) is 1.02. The number of benzene rings is 1. The first-order chi connectivity index (χ1) is 14.0. The summed E-state index contributed by atoms with van der Waals surface area (Å²) in [7, 11) is 0. The van der Waals surface area contributed by atoms with Crippen LogP contribution in [0.3, 0.4) is 0 Å². The molecule has 1 aliphatic carbocycles. The number of aliphatic hydroxyl groups is 1. The van der Waals surface area contributed by atoms with Gasteiger partial charge in [0, 0.05) is 12.1 Å². The van der Waals surface area contributed by atoms with Crippen molar-refractivity contribution in [3.8, 4) is 11.4 Å². The standard InChI is InChI=1S/C22H26FN5O.ClH/c1-2-13-28-20(15-7-6-8-16(23)14-15)27-18-19(24)25-17(26-21(18)28)9-12-22(29)10-4-3-5-11-22;/h6-9,12,14,29H,2-5,10-11,13H2,1H3,(H2,24,25,26);1H. The van der Waals surface area contributed by atoms with Crippen LogP contribution in [0.2, 0.25) is 0 Å². The Balaban J connectivity index is 0.00000256. The summed E-state index contributed by atoms with van der Waals surface area (Å²) in [6, 6.07) is 6.34. The molecular weight excluding hydrogens is 405 g/mol. The third kappa shape index (κ3) is 4.47. The molecular formula is C22H27ClFN5O. The summed E-state index contributed by atoms with van der Waals surface area (Å²) in [5.41, 5.74) is 7.18. The smallest absolute Gasteiger partial charge is 0.166 e. The Kier molecular flexibility index (Phi) is 6.73. The molecule has 0 saturated heterocycles. The van der Waals surface area contributed by atoms with E-state index in [0.717, 1.165) is 38.5 Å². The highest BCUT2D eigenvalue weighted by Crippen LogP contribution is 2.30. The molecule has 4 rings (SSSR count). The number of anilines is 1. The number of aromatic nitrogens is 4. The summed E-state index contributed by atoms with van der Waals surface area (Å²) in [5, 5.41) is 10.7. The van der Waals surface area contributed by atoms with Crippen LogP contribution in [0.5, 0.6) is 0 Å². The molecule has 160 valence electrons. The van der Waals surface area contributed by atoms with Gasteiger partial charge in [0.1, 0.15) is 11.6 Å². The first-order valence-corrected chi connectivity index (χ1v) is 10.2. The maximum atomic E-state index is 13.8. The molecule has 8 heteroatoms. The van der Waals surface area contributed by atoms with Crippen molar-refractivity contribution in [2.24, 2.45) is 0 Å². The molecule has 6 nitrogen and oxygen atoms in total. The van der Waals surface area contributed by atoms with Crippen LogP contribution in [-0.2, 0) is 6.54 Å². The molecule has 0 spiro atoms. The van der Waals surface area contributed by atoms with Crippen LogP contribution < -0.4 is 5.73 Å². The highest BCUT2D eigenvalue weighted by molar-refractivity contribution is 5.86. The van der Waals surface area contributed by atoms with E-state index in [-0.39, 0.29) is 24.0 Å². The van der Waals surface area contributed by atoms with Crippen molar-refractivity contribution < 1.29 is 9.50 Å². The van der Waals surface area contributed by atoms with E-state index in [1.54, 1.807) is 18.2 Å². The van der Waals surface area contributed by atoms with Crippen LogP contribution >= 0.6 is 12.4 Å². The van der Waals surface area contributed by atoms with Crippen molar-refractivity contribution in [2.75, 3.05) is 5.73 Å². The Morgan fingerprint density at radius 1 is 1.20 bits per heavy atom. The van der Waals surface area contributed by atoms with Gasteiger partial charge in [-0.15, -0.1) is 12.4 Å². The lowest BCUT2D eigenvalue weighted by atomic mass is 9.84. The Morgan fingerprint density at radius 3 is 2.67 bits per heavy atom. The average molecular weight is 432 g/mol. The highest BCUT2D eigenvalue weighted by Gasteiger charge is 2.26. The summed E-state index contributed by atoms with van der Waals surface area (Å²) in [6.45, 7) is 2.73. The van der Waals surface area contributed by atoms with Gasteiger partial charge in [0.25, 0.3) is 0 Å². The number of nitrogens with zero attached hydrogens (tertiary/aromatic N) is 4. The zero-order valence-electron chi connectivity index (χ0n) is 17.0. The van der Waals surface area contributed by atoms with Gasteiger partial charge in [-0.25, -0.2) is 19.3 Å². The van der Waals surface area contributed by atoms with Crippen molar-refractivity contribution in [3.05, 3.63) is 42.0 Å². The predicted octanol–water partition coefficient (Wildman–Crippen LogP) is 4.75. The quantitative estimate of drug-likeness (QED) is 0.608. The number of imidazole rings is 1. The average Bonchev–Trinajstić information content (AvgIpc) is 3.07. The van der Waals surface area contributed by atoms with Gasteiger partial charge in [-0.1, -0.05) is 38.3 Å². The molecule has 1 aliphatic rings. The first-order valence-electron chi connectivity index (χ1n) is 10.2. The molecule has 0 aliphatic heterocycles. The number of halogens is 2. The van der Waals surface area contributed by atoms with Crippen LogP contribution in [0.1, 0.15) is 51.3 Å². The Hall–Kier alpha value is -2.51. The molecule has 2 heterocycles. The molecule has 3 aromatic rings. The Morgan fingerprint density at radius 2 is 1.97 bits per heavy atom. The van der Waals surface area contributed by atoms with E-state index < -0.39 is 5.60 Å². The monoisotopic (exact) mass is 431 g/mol. The van der Waals surface area contributed by atoms with E-state index in [2.05, 4.69) is 21.9 Å². The second kappa shape index (κ2) is 9.10. The Labute approximate surface area is 181 Å². The van der Waals surface area contributed by atoms with Crippen LogP contribution in [0, 0.1) is 5.82 Å². The highest BCUT2D eigenvalue weighted by atomic mass is 35.5. The lowest BCUT2D eigenvalue weighted by Crippen LogP contribution is -2.28. The second-order valence-corrected chi connectivity index (χ2v) is 7.73. The number of fused-ring (bicyclic) bond motifs is 1. The number of nitrogens with two attached hydrogens (primary N) is 1. The van der Waals surface area contributed by atoms with E-state index in [4.69, 9.17) is 5.73 Å². The number of hydrogen-bond donors (Lipinski definition) is 2. The van der Waals surface area contributed by atoms with Crippen molar-refractivity contribution >= 4 is 35.5 Å². The van der Waals surface area contributed by atoms with Gasteiger partial charge in [0.2, 0.25) is 0 Å². The van der Waals surface area contributed by atoms with Crippen molar-refractivity contribution in [1.82, 2.24) is 19.5 Å². The van der Waals surface area contributed by atoms with Gasteiger partial charge < -0.3 is 15.4 Å². The zero-order valence-corrected chi connectivity index (χ0v) is 17.8. The minimum atomic E-state index is -0.804. The lowest BCUT2D eigenvalue weighted by molar-refractivity contribution is 0.0521. The molecule has 0 amide bonds. The molecule has 3 N–H and O–H groups in total. The maximum Gasteiger partial charge on any atom is 0.166 e. The third-order valence-electron chi connectivity index (χ3n) is 5.43. The van der Waals surface area contributed by atoms with Gasteiger partial charge in [-0.2, -0.15) is 0 Å². The van der Waals surface area contributed by atoms with Crippen molar-refractivity contribution in [1.29, 1.82) is 0 Å². The van der Waals surface area contributed by atoms with Crippen LogP contribution in [-0.4, -0.2) is 30.2 Å². The molecule has 0 radical (unpaired) electrons. The predicted molar refractivity (Wildman–Crippen MR) is 120 cm³/mol. The molecule has 1 aromatic carbocycles. The fourth-order valence-corrected chi connectivity index (χ4v) is 3.96. The number of nitrogen functional groups attached to an aromatic ring is 1. The molecule has 0 bridgehead atoms. The van der Waals surface area contributed by atoms with Gasteiger partial charge >= 0.3 is 0 Å². The zero-order chi connectivity index (χ0) is 20.4. The van der Waals surface area contributed by atoms with Gasteiger partial charge in [-0.3, -0.25) is 0 Å². The fourth-order valence-electron chi connectivity index (χ4n) is 3.96. The molecule has 0 unspecified atom stereocenters. The topological polar surface area (TPSA) is 89.9 Å². The van der Waals surface area contributed by atoms with Crippen LogP contribution in [0.15, 0.2) is 30.3 Å². The van der Waals surface area contributed by atoms with E-state index in [0.29, 0.717) is 34.9 Å². The minimum absolute atomic E-state index is 0. The van der Waals surface area contributed by atoms with E-state index in [1.807, 2.05) is 10.6 Å². The van der Waals surface area contributed by atoms with Gasteiger partial charge in [-0.05, 0) is 43.5 Å². The van der Waals surface area contributed by atoms with E-state index in [1.165, 1.54) is 12.1 Å². The molecule has 1 fully saturated rings. The van der Waals surface area contributed by atoms with Gasteiger partial charge in [0.05, 0.1) is 5.60 Å². The normalized spacial score (nSPS) is 16.1. The van der Waals surface area contributed by atoms with E-state index >= 15 is 0 Å². The second-order valence-electron chi connectivity index (χ2n) is 7.73. The number of hydrogen-bond acceptors (Lipinski definition) is 5. The third-order valence-corrected chi connectivity index (χ3v) is 5.43. The lowest BCUT2D eigenvalue weighted by Gasteiger charge is -2.28. The minimum Gasteiger partial charge on any atom is -0.386 e. The SMILES string of the molecule is CCCn1c(-c2cccc(F)c2)nc2c(N)nc(C=CC3(O)CCCCC3)nc21.Cl. The summed E-state index contributed by atoms with van der Waals surface area (Å²) in [6.07, 6.45) is 9.09. The first kappa shape index (κ1) is 22.2. The fraction of sp³-hybridized carbons (Fsp3) is 0.409. The van der Waals surface area contributed by atoms with E-state index in [9.17, 15) is 9.50 Å². The van der Waals surface area contributed by atoms with Crippen molar-refractivity contribution in [2.45, 2.75) is 57.6 Å².